The molecule has 0 saturated carbocycles. The Balaban J connectivity index is 2.73. The van der Waals surface area contributed by atoms with Crippen LogP contribution < -0.4 is 10.9 Å². The van der Waals surface area contributed by atoms with Crippen LogP contribution in [0.1, 0.15) is 12.5 Å². The molecular weight excluding hydrogens is 324 g/mol. The average Bonchev–Trinajstić information content (AvgIpc) is 2.42. The maximum atomic E-state index is 12.5. The van der Waals surface area contributed by atoms with Crippen LogP contribution >= 0.6 is 0 Å². The predicted octanol–water partition coefficient (Wildman–Crippen LogP) is 0.889. The molecule has 0 aliphatic rings. The highest BCUT2D eigenvalue weighted by Crippen LogP contribution is 2.22. The van der Waals surface area contributed by atoms with Crippen molar-refractivity contribution < 1.29 is 22.9 Å². The highest BCUT2D eigenvalue weighted by Gasteiger charge is 2.20. The molecule has 0 saturated heterocycles. The molecule has 0 unspecified atom stereocenters. The summed E-state index contributed by atoms with van der Waals surface area (Å²) in [7, 11) is -4.46. The Morgan fingerprint density at radius 3 is 2.39 bits per heavy atom. The number of nitrogens with one attached hydrogen (secondary N) is 1. The van der Waals surface area contributed by atoms with Gasteiger partial charge in [0, 0.05) is 18.6 Å². The topological polar surface area (TPSA) is 126 Å². The normalized spacial score (nSPS) is 11.2. The number of anilines is 1. The molecule has 23 heavy (non-hydrogen) atoms. The largest absolute Gasteiger partial charge is 0.494 e. The quantitative estimate of drug-likeness (QED) is 0.711. The van der Waals surface area contributed by atoms with Crippen LogP contribution in [-0.4, -0.2) is 28.6 Å². The Labute approximate surface area is 131 Å². The van der Waals surface area contributed by atoms with Crippen molar-refractivity contribution in [2.24, 2.45) is 0 Å². The Hall–Kier alpha value is -2.65. The van der Waals surface area contributed by atoms with E-state index < -0.39 is 33.2 Å². The molecule has 1 heterocycles. The van der Waals surface area contributed by atoms with E-state index in [4.69, 9.17) is 4.55 Å². The Morgan fingerprint density at radius 2 is 1.87 bits per heavy atom. The number of hydrogen-bond acceptors (Lipinski definition) is 5. The van der Waals surface area contributed by atoms with E-state index in [0.717, 1.165) is 17.6 Å². The molecule has 0 fully saturated rings. The first-order valence-electron chi connectivity index (χ1n) is 6.45. The molecule has 2 aromatic rings. The third-order valence-electron chi connectivity index (χ3n) is 2.92. The molecule has 0 spiro atoms. The third-order valence-corrected chi connectivity index (χ3v) is 3.60. The van der Waals surface area contributed by atoms with Gasteiger partial charge in [-0.1, -0.05) is 18.2 Å². The number of hydrogen-bond donors (Lipinski definition) is 3. The standard InChI is InChI=1S/C14H14N2O6S/c1-9(17)15-13-10(8-23(20,21)22)7-12(18)16(14(13)19)11-5-3-2-4-6-11/h2-7,18H,8H2,1H3,(H,15,17)(H,20,21,22). The lowest BCUT2D eigenvalue weighted by Gasteiger charge is -2.14. The van der Waals surface area contributed by atoms with Crippen molar-refractivity contribution in [3.05, 3.63) is 52.3 Å². The minimum absolute atomic E-state index is 0.211. The van der Waals surface area contributed by atoms with Gasteiger partial charge in [-0.05, 0) is 12.1 Å². The minimum atomic E-state index is -4.46. The second kappa shape index (κ2) is 6.23. The molecule has 0 aliphatic heterocycles. The van der Waals surface area contributed by atoms with E-state index in [0.29, 0.717) is 5.69 Å². The molecule has 0 aliphatic carbocycles. The van der Waals surface area contributed by atoms with Gasteiger partial charge in [-0.3, -0.25) is 14.1 Å². The zero-order valence-corrected chi connectivity index (χ0v) is 12.9. The lowest BCUT2D eigenvalue weighted by Crippen LogP contribution is -2.26. The van der Waals surface area contributed by atoms with Crippen LogP contribution in [0.25, 0.3) is 5.69 Å². The Kier molecular flexibility index (Phi) is 4.52. The van der Waals surface area contributed by atoms with Crippen molar-refractivity contribution in [1.29, 1.82) is 0 Å². The minimum Gasteiger partial charge on any atom is -0.494 e. The molecule has 1 aromatic carbocycles. The summed E-state index contributed by atoms with van der Waals surface area (Å²) < 4.78 is 32.0. The van der Waals surface area contributed by atoms with Gasteiger partial charge in [0.25, 0.3) is 15.7 Å². The van der Waals surface area contributed by atoms with E-state index in [-0.39, 0.29) is 11.3 Å². The van der Waals surface area contributed by atoms with Crippen molar-refractivity contribution in [2.75, 3.05) is 5.32 Å². The van der Waals surface area contributed by atoms with Crippen molar-refractivity contribution in [3.8, 4) is 11.6 Å². The highest BCUT2D eigenvalue weighted by molar-refractivity contribution is 7.85. The van der Waals surface area contributed by atoms with Crippen LogP contribution in [0.15, 0.2) is 41.2 Å². The smallest absolute Gasteiger partial charge is 0.282 e. The first-order chi connectivity index (χ1) is 10.7. The van der Waals surface area contributed by atoms with E-state index in [1.807, 2.05) is 0 Å². The number of benzene rings is 1. The van der Waals surface area contributed by atoms with E-state index in [9.17, 15) is 23.1 Å². The first kappa shape index (κ1) is 16.7. The van der Waals surface area contributed by atoms with Crippen LogP contribution in [0.5, 0.6) is 5.88 Å². The summed E-state index contributed by atoms with van der Waals surface area (Å²) in [5.41, 5.74) is -1.01. The molecular formula is C14H14N2O6S. The van der Waals surface area contributed by atoms with Gasteiger partial charge in [-0.25, -0.2) is 4.57 Å². The second-order valence-corrected chi connectivity index (χ2v) is 6.24. The number of para-hydroxylation sites is 1. The molecule has 8 nitrogen and oxygen atoms in total. The van der Waals surface area contributed by atoms with Crippen molar-refractivity contribution in [1.82, 2.24) is 4.57 Å². The summed E-state index contributed by atoms with van der Waals surface area (Å²) >= 11 is 0. The third kappa shape index (κ3) is 3.96. The molecule has 0 atom stereocenters. The average molecular weight is 338 g/mol. The maximum absolute atomic E-state index is 12.5. The maximum Gasteiger partial charge on any atom is 0.282 e. The summed E-state index contributed by atoms with van der Waals surface area (Å²) in [6, 6.07) is 9.12. The number of rotatable bonds is 4. The van der Waals surface area contributed by atoms with Gasteiger partial charge in [-0.2, -0.15) is 8.42 Å². The van der Waals surface area contributed by atoms with Crippen molar-refractivity contribution >= 4 is 21.7 Å². The van der Waals surface area contributed by atoms with E-state index in [2.05, 4.69) is 5.32 Å². The fourth-order valence-corrected chi connectivity index (χ4v) is 2.71. The van der Waals surface area contributed by atoms with Crippen molar-refractivity contribution in [3.63, 3.8) is 0 Å². The van der Waals surface area contributed by atoms with Crippen LogP contribution in [0, 0.1) is 0 Å². The molecule has 122 valence electrons. The first-order valence-corrected chi connectivity index (χ1v) is 8.06. The van der Waals surface area contributed by atoms with Gasteiger partial charge in [0.1, 0.15) is 11.4 Å². The number of pyridine rings is 1. The Bertz CT molecular complexity index is 903. The fourth-order valence-electron chi connectivity index (χ4n) is 2.09. The zero-order chi connectivity index (χ0) is 17.2. The number of nitrogens with zero attached hydrogens (tertiary/aromatic N) is 1. The van der Waals surface area contributed by atoms with Gasteiger partial charge in [-0.15, -0.1) is 0 Å². The number of aromatic hydroxyl groups is 1. The van der Waals surface area contributed by atoms with Crippen LogP contribution in [0.2, 0.25) is 0 Å². The molecule has 2 rings (SSSR count). The SMILES string of the molecule is CC(=O)Nc1c(CS(=O)(=O)O)cc(O)n(-c2ccccc2)c1=O. The summed E-state index contributed by atoms with van der Waals surface area (Å²) in [6.45, 7) is 1.15. The molecule has 1 aromatic heterocycles. The van der Waals surface area contributed by atoms with Crippen LogP contribution in [0.4, 0.5) is 5.69 Å². The van der Waals surface area contributed by atoms with E-state index >= 15 is 0 Å². The molecule has 9 heteroatoms. The van der Waals surface area contributed by atoms with Crippen LogP contribution in [0.3, 0.4) is 0 Å². The molecule has 0 radical (unpaired) electrons. The van der Waals surface area contributed by atoms with Gasteiger partial charge in [0.15, 0.2) is 5.88 Å². The zero-order valence-electron chi connectivity index (χ0n) is 12.1. The number of carbonyl (C=O) groups excluding carboxylic acids is 1. The van der Waals surface area contributed by atoms with Crippen molar-refractivity contribution in [2.45, 2.75) is 12.7 Å². The van der Waals surface area contributed by atoms with E-state index in [1.54, 1.807) is 30.3 Å². The lowest BCUT2D eigenvalue weighted by atomic mass is 10.2. The summed E-state index contributed by atoms with van der Waals surface area (Å²) in [6.07, 6.45) is 0. The summed E-state index contributed by atoms with van der Waals surface area (Å²) in [5, 5.41) is 12.3. The summed E-state index contributed by atoms with van der Waals surface area (Å²) in [4.78, 5) is 23.8. The summed E-state index contributed by atoms with van der Waals surface area (Å²) in [5.74, 6) is -2.03. The number of aromatic nitrogens is 1. The second-order valence-electron chi connectivity index (χ2n) is 4.79. The van der Waals surface area contributed by atoms with Gasteiger partial charge < -0.3 is 10.4 Å². The predicted molar refractivity (Wildman–Crippen MR) is 83.3 cm³/mol. The molecule has 1 amide bonds. The van der Waals surface area contributed by atoms with Gasteiger partial charge >= 0.3 is 0 Å². The lowest BCUT2D eigenvalue weighted by molar-refractivity contribution is -0.114. The van der Waals surface area contributed by atoms with Gasteiger partial charge in [0.2, 0.25) is 5.91 Å². The number of carbonyl (C=O) groups is 1. The van der Waals surface area contributed by atoms with Crippen LogP contribution in [-0.2, 0) is 20.7 Å². The highest BCUT2D eigenvalue weighted by atomic mass is 32.2. The number of amides is 1. The fraction of sp³-hybridized carbons (Fsp3) is 0.143. The molecule has 0 bridgehead atoms. The Morgan fingerprint density at radius 1 is 1.26 bits per heavy atom. The monoisotopic (exact) mass is 338 g/mol. The van der Waals surface area contributed by atoms with Gasteiger partial charge in [0.05, 0.1) is 5.69 Å². The molecule has 3 N–H and O–H groups in total. The van der Waals surface area contributed by atoms with E-state index in [1.165, 1.54) is 0 Å².